The highest BCUT2D eigenvalue weighted by atomic mass is 35.5. The Morgan fingerprint density at radius 3 is 2.39 bits per heavy atom. The highest BCUT2D eigenvalue weighted by Gasteiger charge is 2.21. The van der Waals surface area contributed by atoms with Crippen LogP contribution in [0.3, 0.4) is 0 Å². The second-order valence-corrected chi connectivity index (χ2v) is 9.44. The smallest absolute Gasteiger partial charge is 0.404 e. The molecular formula is C22H22Cl2N4O4S. The molecule has 2 aromatic carbocycles. The average molecular weight is 509 g/mol. The lowest BCUT2D eigenvalue weighted by Gasteiger charge is -2.14. The lowest BCUT2D eigenvalue weighted by Crippen LogP contribution is -2.16. The van der Waals surface area contributed by atoms with Crippen molar-refractivity contribution >= 4 is 46.7 Å². The fourth-order valence-corrected chi connectivity index (χ4v) is 5.10. The molecule has 174 valence electrons. The van der Waals surface area contributed by atoms with Crippen LogP contribution in [0.5, 0.6) is 0 Å². The Bertz CT molecular complexity index is 1150. The molecule has 0 radical (unpaired) electrons. The molecule has 0 aliphatic heterocycles. The van der Waals surface area contributed by atoms with E-state index in [1.165, 1.54) is 23.9 Å². The quantitative estimate of drug-likeness (QED) is 0.277. The molecule has 0 unspecified atom stereocenters. The maximum absolute atomic E-state index is 11.0. The van der Waals surface area contributed by atoms with Crippen molar-refractivity contribution in [2.24, 2.45) is 5.73 Å². The van der Waals surface area contributed by atoms with Crippen LogP contribution in [-0.2, 0) is 17.7 Å². The average Bonchev–Trinajstić information content (AvgIpc) is 3.05. The maximum Gasteiger partial charge on any atom is 0.404 e. The van der Waals surface area contributed by atoms with E-state index in [1.54, 1.807) is 18.2 Å². The number of nitro benzene ring substituents is 1. The van der Waals surface area contributed by atoms with Crippen molar-refractivity contribution in [1.29, 1.82) is 0 Å². The van der Waals surface area contributed by atoms with Crippen LogP contribution in [0.4, 0.5) is 10.5 Å². The van der Waals surface area contributed by atoms with Gasteiger partial charge in [0.05, 0.1) is 10.6 Å². The van der Waals surface area contributed by atoms with E-state index in [1.807, 2.05) is 30.5 Å². The molecule has 0 spiro atoms. The second kappa shape index (κ2) is 10.9. The molecule has 0 aliphatic carbocycles. The number of carbonyl (C=O) groups excluding carboxylic acids is 1. The van der Waals surface area contributed by atoms with Crippen LogP contribution in [0.25, 0.3) is 0 Å². The summed E-state index contributed by atoms with van der Waals surface area (Å²) in [4.78, 5) is 27.3. The monoisotopic (exact) mass is 508 g/mol. The predicted molar refractivity (Wildman–Crippen MR) is 128 cm³/mol. The van der Waals surface area contributed by atoms with E-state index >= 15 is 0 Å². The van der Waals surface area contributed by atoms with Gasteiger partial charge in [-0.1, -0.05) is 60.9 Å². The van der Waals surface area contributed by atoms with Crippen LogP contribution in [0.15, 0.2) is 52.4 Å². The molecule has 8 nitrogen and oxygen atoms in total. The number of carbonyl (C=O) groups is 1. The van der Waals surface area contributed by atoms with Crippen LogP contribution in [0, 0.1) is 10.1 Å². The van der Waals surface area contributed by atoms with Crippen molar-refractivity contribution in [3.8, 4) is 0 Å². The van der Waals surface area contributed by atoms with Gasteiger partial charge in [-0.3, -0.25) is 10.1 Å². The first-order chi connectivity index (χ1) is 15.6. The van der Waals surface area contributed by atoms with E-state index in [0.29, 0.717) is 28.8 Å². The summed E-state index contributed by atoms with van der Waals surface area (Å²) in [6.45, 7) is 4.58. The van der Waals surface area contributed by atoms with Crippen LogP contribution in [0.1, 0.15) is 36.8 Å². The minimum absolute atomic E-state index is 0.0190. The molecule has 0 saturated carbocycles. The number of aromatic nitrogens is 2. The number of ether oxygens (including phenoxy) is 1. The number of imidazole rings is 1. The molecule has 0 saturated heterocycles. The number of nitrogens with zero attached hydrogens (tertiary/aromatic N) is 3. The summed E-state index contributed by atoms with van der Waals surface area (Å²) in [6.07, 6.45) is -0.498. The van der Waals surface area contributed by atoms with Gasteiger partial charge in [0.1, 0.15) is 17.5 Å². The number of halogens is 2. The zero-order valence-corrected chi connectivity index (χ0v) is 20.3. The molecule has 0 fully saturated rings. The number of benzene rings is 2. The number of non-ortho nitro benzene ring substituents is 1. The molecular weight excluding hydrogens is 487 g/mol. The Morgan fingerprint density at radius 2 is 1.85 bits per heavy atom. The Hall–Kier alpha value is -2.75. The predicted octanol–water partition coefficient (Wildman–Crippen LogP) is 6.06. The van der Waals surface area contributed by atoms with Crippen molar-refractivity contribution < 1.29 is 14.5 Å². The van der Waals surface area contributed by atoms with E-state index in [-0.39, 0.29) is 18.2 Å². The lowest BCUT2D eigenvalue weighted by molar-refractivity contribution is -0.384. The van der Waals surface area contributed by atoms with Crippen molar-refractivity contribution in [2.75, 3.05) is 6.61 Å². The fraction of sp³-hybridized carbons (Fsp3) is 0.273. The third-order valence-corrected chi connectivity index (χ3v) is 6.21. The van der Waals surface area contributed by atoms with Gasteiger partial charge in [0.2, 0.25) is 0 Å². The molecule has 1 aromatic heterocycles. The van der Waals surface area contributed by atoms with Gasteiger partial charge in [0.25, 0.3) is 5.69 Å². The van der Waals surface area contributed by atoms with Gasteiger partial charge in [-0.05, 0) is 29.7 Å². The van der Waals surface area contributed by atoms with Crippen molar-refractivity contribution in [2.45, 2.75) is 42.7 Å². The normalized spacial score (nSPS) is 11.1. The highest BCUT2D eigenvalue weighted by molar-refractivity contribution is 7.99. The molecule has 1 amide bonds. The van der Waals surface area contributed by atoms with Gasteiger partial charge in [0, 0.05) is 40.0 Å². The largest absolute Gasteiger partial charge is 0.449 e. The topological polar surface area (TPSA) is 113 Å². The Balaban J connectivity index is 2.04. The van der Waals surface area contributed by atoms with Gasteiger partial charge in [-0.2, -0.15) is 0 Å². The van der Waals surface area contributed by atoms with E-state index in [2.05, 4.69) is 0 Å². The zero-order valence-electron chi connectivity index (χ0n) is 18.0. The van der Waals surface area contributed by atoms with Crippen molar-refractivity contribution in [3.05, 3.63) is 79.7 Å². The van der Waals surface area contributed by atoms with Gasteiger partial charge in [-0.25, -0.2) is 9.78 Å². The van der Waals surface area contributed by atoms with Gasteiger partial charge < -0.3 is 15.0 Å². The zero-order chi connectivity index (χ0) is 24.1. The number of nitro groups is 1. The van der Waals surface area contributed by atoms with E-state index in [4.69, 9.17) is 38.7 Å². The van der Waals surface area contributed by atoms with E-state index < -0.39 is 11.0 Å². The summed E-state index contributed by atoms with van der Waals surface area (Å²) in [5.74, 6) is 0.810. The fourth-order valence-electron chi connectivity index (χ4n) is 3.19. The second-order valence-electron chi connectivity index (χ2n) is 7.51. The molecule has 0 atom stereocenters. The molecule has 0 bridgehead atoms. The SMILES string of the molecule is CC(C)c1nc(CCOC(N)=O)n(Cc2ccc([N+](=O)[O-])cc2)c1Sc1cc(Cl)cc(Cl)c1. The number of nitrogens with two attached hydrogens (primary N) is 1. The number of amides is 1. The Morgan fingerprint density at radius 1 is 1.21 bits per heavy atom. The third kappa shape index (κ3) is 6.63. The molecule has 1 heterocycles. The molecule has 11 heteroatoms. The minimum atomic E-state index is -0.851. The van der Waals surface area contributed by atoms with Crippen LogP contribution < -0.4 is 5.73 Å². The number of rotatable bonds is 9. The highest BCUT2D eigenvalue weighted by Crippen LogP contribution is 2.37. The summed E-state index contributed by atoms with van der Waals surface area (Å²) >= 11 is 13.9. The number of hydrogen-bond donors (Lipinski definition) is 1. The van der Waals surface area contributed by atoms with Crippen LogP contribution in [-0.4, -0.2) is 27.2 Å². The number of primary amides is 1. The Kier molecular flexibility index (Phi) is 8.23. The van der Waals surface area contributed by atoms with Crippen molar-refractivity contribution in [3.63, 3.8) is 0 Å². The summed E-state index contributed by atoms with van der Waals surface area (Å²) in [5.41, 5.74) is 6.84. The first-order valence-corrected chi connectivity index (χ1v) is 11.6. The van der Waals surface area contributed by atoms with Gasteiger partial charge in [-0.15, -0.1) is 0 Å². The number of hydrogen-bond acceptors (Lipinski definition) is 6. The van der Waals surface area contributed by atoms with Gasteiger partial charge >= 0.3 is 6.09 Å². The Labute approximate surface area is 205 Å². The molecule has 3 aromatic rings. The van der Waals surface area contributed by atoms with E-state index in [0.717, 1.165) is 21.2 Å². The summed E-state index contributed by atoms with van der Waals surface area (Å²) in [7, 11) is 0. The van der Waals surface area contributed by atoms with E-state index in [9.17, 15) is 14.9 Å². The maximum atomic E-state index is 11.0. The standard InChI is InChI=1S/C22H22Cl2N4O4S/c1-13(2)20-21(33-18-10-15(23)9-16(24)11-18)27(19(26-20)7-8-32-22(25)29)12-14-3-5-17(6-4-14)28(30)31/h3-6,9-11,13H,7-8,12H2,1-2H3,(H2,25,29). The van der Waals surface area contributed by atoms with Gasteiger partial charge in [0.15, 0.2) is 0 Å². The summed E-state index contributed by atoms with van der Waals surface area (Å²) < 4.78 is 6.94. The lowest BCUT2D eigenvalue weighted by atomic mass is 10.1. The third-order valence-electron chi connectivity index (χ3n) is 4.68. The molecule has 2 N–H and O–H groups in total. The van der Waals surface area contributed by atoms with Crippen LogP contribution >= 0.6 is 35.0 Å². The molecule has 3 rings (SSSR count). The molecule has 0 aliphatic rings. The molecule has 33 heavy (non-hydrogen) atoms. The first kappa shape index (κ1) is 24.9. The minimum Gasteiger partial charge on any atom is -0.449 e. The van der Waals surface area contributed by atoms with Crippen LogP contribution in [0.2, 0.25) is 10.0 Å². The summed E-state index contributed by atoms with van der Waals surface area (Å²) in [5, 5.41) is 12.9. The summed E-state index contributed by atoms with van der Waals surface area (Å²) in [6, 6.07) is 11.7. The first-order valence-electron chi connectivity index (χ1n) is 10.0. The van der Waals surface area contributed by atoms with Crippen molar-refractivity contribution in [1.82, 2.24) is 9.55 Å².